The van der Waals surface area contributed by atoms with Gasteiger partial charge in [-0.15, -0.1) is 0 Å². The second kappa shape index (κ2) is 8.11. The van der Waals surface area contributed by atoms with Crippen LogP contribution in [0.3, 0.4) is 0 Å². The van der Waals surface area contributed by atoms with Gasteiger partial charge >= 0.3 is 5.97 Å². The van der Waals surface area contributed by atoms with Crippen LogP contribution in [0.5, 0.6) is 0 Å². The van der Waals surface area contributed by atoms with Gasteiger partial charge in [0.1, 0.15) is 16.4 Å². The number of halogens is 1. The van der Waals surface area contributed by atoms with Crippen LogP contribution in [0.25, 0.3) is 0 Å². The quantitative estimate of drug-likeness (QED) is 0.685. The average molecular weight is 418 g/mol. The third-order valence-electron chi connectivity index (χ3n) is 3.90. The lowest BCUT2D eigenvalue weighted by molar-refractivity contribution is -0.142. The summed E-state index contributed by atoms with van der Waals surface area (Å²) in [5.74, 6) is -1.10. The summed E-state index contributed by atoms with van der Waals surface area (Å²) in [6, 6.07) is 7.04. The molecule has 1 aromatic rings. The zero-order valence-electron chi connectivity index (χ0n) is 13.4. The average Bonchev–Trinajstić information content (AvgIpc) is 2.53. The molecular formula is C16H20BrNO5S. The molecule has 1 aliphatic rings. The largest absolute Gasteiger partial charge is 0.465 e. The van der Waals surface area contributed by atoms with Gasteiger partial charge in [0.25, 0.3) is 0 Å². The minimum absolute atomic E-state index is 0.0109. The molecular weight excluding hydrogens is 398 g/mol. The van der Waals surface area contributed by atoms with E-state index in [4.69, 9.17) is 4.74 Å². The Balaban J connectivity index is 2.19. The molecule has 0 saturated carbocycles. The molecule has 24 heavy (non-hydrogen) atoms. The molecule has 0 bridgehead atoms. The van der Waals surface area contributed by atoms with E-state index in [1.54, 1.807) is 31.2 Å². The van der Waals surface area contributed by atoms with Crippen LogP contribution >= 0.6 is 15.9 Å². The van der Waals surface area contributed by atoms with Gasteiger partial charge < -0.3 is 9.64 Å². The SMILES string of the molecule is CCOC(=O)CN(C(=O)C1CCS(=O)(=O)CC1)c1ccc(Br)cc1. The number of nitrogens with zero attached hydrogens (tertiary/aromatic N) is 1. The standard InChI is InChI=1S/C16H20BrNO5S/c1-2-23-15(19)11-18(14-5-3-13(17)4-6-14)16(20)12-7-9-24(21,22)10-8-12/h3-6,12H,2,7-11H2,1H3. The first-order chi connectivity index (χ1) is 11.3. The summed E-state index contributed by atoms with van der Waals surface area (Å²) in [6.07, 6.45) is 0.577. The lowest BCUT2D eigenvalue weighted by Crippen LogP contribution is -2.42. The number of hydrogen-bond acceptors (Lipinski definition) is 5. The van der Waals surface area contributed by atoms with Gasteiger partial charge in [0.15, 0.2) is 0 Å². The lowest BCUT2D eigenvalue weighted by Gasteiger charge is -2.28. The predicted octanol–water partition coefficient (Wildman–Crippen LogP) is 2.17. The van der Waals surface area contributed by atoms with Crippen molar-refractivity contribution in [2.24, 2.45) is 5.92 Å². The van der Waals surface area contributed by atoms with E-state index in [9.17, 15) is 18.0 Å². The summed E-state index contributed by atoms with van der Waals surface area (Å²) in [7, 11) is -3.05. The molecule has 1 aromatic carbocycles. The highest BCUT2D eigenvalue weighted by Gasteiger charge is 2.32. The molecule has 0 aliphatic carbocycles. The summed E-state index contributed by atoms with van der Waals surface area (Å²) in [5.41, 5.74) is 0.588. The van der Waals surface area contributed by atoms with Crippen molar-refractivity contribution in [3.05, 3.63) is 28.7 Å². The summed E-state index contributed by atoms with van der Waals surface area (Å²) in [5, 5.41) is 0. The zero-order valence-corrected chi connectivity index (χ0v) is 15.8. The number of benzene rings is 1. The fourth-order valence-corrected chi connectivity index (χ4v) is 4.37. The molecule has 1 amide bonds. The number of rotatable bonds is 5. The molecule has 1 heterocycles. The van der Waals surface area contributed by atoms with Gasteiger partial charge in [-0.3, -0.25) is 9.59 Å². The molecule has 0 aromatic heterocycles. The molecule has 1 aliphatic heterocycles. The van der Waals surface area contributed by atoms with Crippen molar-refractivity contribution in [2.75, 3.05) is 29.6 Å². The second-order valence-corrected chi connectivity index (χ2v) is 8.85. The molecule has 6 nitrogen and oxygen atoms in total. The van der Waals surface area contributed by atoms with E-state index in [2.05, 4.69) is 15.9 Å². The van der Waals surface area contributed by atoms with Crippen LogP contribution in [0.1, 0.15) is 19.8 Å². The van der Waals surface area contributed by atoms with E-state index in [0.717, 1.165) is 4.47 Å². The van der Waals surface area contributed by atoms with E-state index in [1.807, 2.05) is 0 Å². The van der Waals surface area contributed by atoms with Gasteiger partial charge in [0.2, 0.25) is 5.91 Å². The van der Waals surface area contributed by atoms with Crippen molar-refractivity contribution in [1.29, 1.82) is 0 Å². The smallest absolute Gasteiger partial charge is 0.326 e. The maximum absolute atomic E-state index is 12.8. The lowest BCUT2D eigenvalue weighted by atomic mass is 10.0. The molecule has 0 atom stereocenters. The van der Waals surface area contributed by atoms with Crippen molar-refractivity contribution >= 4 is 43.3 Å². The molecule has 0 spiro atoms. The van der Waals surface area contributed by atoms with Crippen LogP contribution in [-0.2, 0) is 24.2 Å². The predicted molar refractivity (Wildman–Crippen MR) is 94.5 cm³/mol. The second-order valence-electron chi connectivity index (χ2n) is 5.63. The van der Waals surface area contributed by atoms with Crippen LogP contribution in [0.2, 0.25) is 0 Å². The third kappa shape index (κ3) is 5.04. The molecule has 0 radical (unpaired) electrons. The number of carbonyl (C=O) groups is 2. The van der Waals surface area contributed by atoms with Gasteiger partial charge in [0.05, 0.1) is 18.1 Å². The van der Waals surface area contributed by atoms with E-state index in [-0.39, 0.29) is 43.4 Å². The Kier molecular flexibility index (Phi) is 6.40. The van der Waals surface area contributed by atoms with Crippen molar-refractivity contribution in [3.8, 4) is 0 Å². The Bertz CT molecular complexity index is 688. The van der Waals surface area contributed by atoms with E-state index in [1.165, 1.54) is 4.90 Å². The van der Waals surface area contributed by atoms with Gasteiger partial charge in [-0.2, -0.15) is 0 Å². The highest BCUT2D eigenvalue weighted by molar-refractivity contribution is 9.10. The highest BCUT2D eigenvalue weighted by Crippen LogP contribution is 2.25. The monoisotopic (exact) mass is 417 g/mol. The van der Waals surface area contributed by atoms with Gasteiger partial charge in [0, 0.05) is 16.1 Å². The Labute approximate surface area is 150 Å². The number of anilines is 1. The fraction of sp³-hybridized carbons (Fsp3) is 0.500. The first-order valence-corrected chi connectivity index (χ1v) is 10.4. The molecule has 2 rings (SSSR count). The van der Waals surface area contributed by atoms with Crippen molar-refractivity contribution < 1.29 is 22.7 Å². The Morgan fingerprint density at radius 2 is 1.79 bits per heavy atom. The molecule has 1 fully saturated rings. The van der Waals surface area contributed by atoms with Crippen LogP contribution in [0.4, 0.5) is 5.69 Å². The van der Waals surface area contributed by atoms with Crippen LogP contribution in [-0.4, -0.2) is 45.0 Å². The van der Waals surface area contributed by atoms with Crippen molar-refractivity contribution in [1.82, 2.24) is 0 Å². The van der Waals surface area contributed by atoms with Crippen molar-refractivity contribution in [2.45, 2.75) is 19.8 Å². The number of amides is 1. The van der Waals surface area contributed by atoms with E-state index >= 15 is 0 Å². The van der Waals surface area contributed by atoms with Crippen LogP contribution < -0.4 is 4.90 Å². The molecule has 8 heteroatoms. The van der Waals surface area contributed by atoms with Gasteiger partial charge in [-0.25, -0.2) is 8.42 Å². The molecule has 0 unspecified atom stereocenters. The summed E-state index contributed by atoms with van der Waals surface area (Å²) in [4.78, 5) is 26.1. The number of ether oxygens (including phenoxy) is 1. The van der Waals surface area contributed by atoms with Crippen molar-refractivity contribution in [3.63, 3.8) is 0 Å². The minimum Gasteiger partial charge on any atom is -0.465 e. The van der Waals surface area contributed by atoms with Crippen LogP contribution in [0, 0.1) is 5.92 Å². The topological polar surface area (TPSA) is 80.8 Å². The maximum atomic E-state index is 12.8. The first-order valence-electron chi connectivity index (χ1n) is 7.75. The molecule has 1 saturated heterocycles. The fourth-order valence-electron chi connectivity index (χ4n) is 2.61. The van der Waals surface area contributed by atoms with Crippen LogP contribution in [0.15, 0.2) is 28.7 Å². The normalized spacial score (nSPS) is 17.2. The minimum atomic E-state index is -3.05. The van der Waals surface area contributed by atoms with Gasteiger partial charge in [-0.1, -0.05) is 15.9 Å². The summed E-state index contributed by atoms with van der Waals surface area (Å²) >= 11 is 3.33. The third-order valence-corrected chi connectivity index (χ3v) is 6.14. The van der Waals surface area contributed by atoms with E-state index in [0.29, 0.717) is 5.69 Å². The summed E-state index contributed by atoms with van der Waals surface area (Å²) in [6.45, 7) is 1.76. The Morgan fingerprint density at radius 3 is 2.33 bits per heavy atom. The number of sulfone groups is 1. The summed E-state index contributed by atoms with van der Waals surface area (Å²) < 4.78 is 28.9. The van der Waals surface area contributed by atoms with Gasteiger partial charge in [-0.05, 0) is 44.0 Å². The number of hydrogen-bond donors (Lipinski definition) is 0. The Morgan fingerprint density at radius 1 is 1.21 bits per heavy atom. The maximum Gasteiger partial charge on any atom is 0.326 e. The number of esters is 1. The molecule has 0 N–H and O–H groups in total. The highest BCUT2D eigenvalue weighted by atomic mass is 79.9. The molecule has 132 valence electrons. The Hall–Kier alpha value is -1.41. The van der Waals surface area contributed by atoms with E-state index < -0.39 is 21.7 Å². The zero-order chi connectivity index (χ0) is 17.7. The number of carbonyl (C=O) groups excluding carboxylic acids is 2. The first kappa shape index (κ1) is 18.9.